The molecular formula is C15H14Cl2N2O2. The first-order chi connectivity index (χ1) is 9.97. The number of halogens is 2. The number of hydrogen-bond donors (Lipinski definition) is 0. The van der Waals surface area contributed by atoms with E-state index in [1.54, 1.807) is 6.07 Å². The summed E-state index contributed by atoms with van der Waals surface area (Å²) in [7, 11) is 1.92. The number of non-ortho nitro benzene ring substituents is 1. The van der Waals surface area contributed by atoms with Gasteiger partial charge in [0.2, 0.25) is 0 Å². The van der Waals surface area contributed by atoms with Crippen LogP contribution < -0.4 is 0 Å². The highest BCUT2D eigenvalue weighted by Crippen LogP contribution is 2.24. The highest BCUT2D eigenvalue weighted by molar-refractivity contribution is 6.31. The van der Waals surface area contributed by atoms with Crippen molar-refractivity contribution in [3.63, 3.8) is 0 Å². The average molecular weight is 325 g/mol. The van der Waals surface area contributed by atoms with Gasteiger partial charge in [-0.2, -0.15) is 0 Å². The van der Waals surface area contributed by atoms with Gasteiger partial charge in [-0.05, 0) is 30.3 Å². The van der Waals surface area contributed by atoms with Crippen molar-refractivity contribution in [2.45, 2.75) is 13.1 Å². The molecule has 0 bridgehead atoms. The van der Waals surface area contributed by atoms with Gasteiger partial charge in [-0.1, -0.05) is 41.4 Å². The number of rotatable bonds is 5. The van der Waals surface area contributed by atoms with Crippen molar-refractivity contribution in [1.29, 1.82) is 0 Å². The number of nitro benzene ring substituents is 1. The molecule has 6 heteroatoms. The summed E-state index contributed by atoms with van der Waals surface area (Å²) in [6.45, 7) is 1.14. The molecule has 2 aromatic carbocycles. The summed E-state index contributed by atoms with van der Waals surface area (Å²) in [5.74, 6) is 0. The summed E-state index contributed by atoms with van der Waals surface area (Å²) in [5, 5.41) is 12.0. The number of nitrogens with zero attached hydrogens (tertiary/aromatic N) is 2. The lowest BCUT2D eigenvalue weighted by Crippen LogP contribution is -2.17. The van der Waals surface area contributed by atoms with Gasteiger partial charge in [0.1, 0.15) is 0 Å². The number of nitro groups is 1. The molecule has 0 fully saturated rings. The summed E-state index contributed by atoms with van der Waals surface area (Å²) in [6, 6.07) is 12.1. The zero-order valence-corrected chi connectivity index (χ0v) is 12.9. The smallest absolute Gasteiger partial charge is 0.269 e. The Labute approximate surface area is 133 Å². The maximum atomic E-state index is 10.8. The molecule has 0 aliphatic rings. The lowest BCUT2D eigenvalue weighted by molar-refractivity contribution is -0.384. The van der Waals surface area contributed by atoms with Crippen LogP contribution >= 0.6 is 23.2 Å². The topological polar surface area (TPSA) is 46.4 Å². The van der Waals surface area contributed by atoms with Gasteiger partial charge < -0.3 is 0 Å². The summed E-state index contributed by atoms with van der Waals surface area (Å²) in [4.78, 5) is 12.4. The van der Waals surface area contributed by atoms with Gasteiger partial charge in [-0.15, -0.1) is 0 Å². The van der Waals surface area contributed by atoms with E-state index in [0.29, 0.717) is 23.1 Å². The predicted molar refractivity (Wildman–Crippen MR) is 84.7 cm³/mol. The third-order valence-corrected chi connectivity index (χ3v) is 3.82. The fourth-order valence-corrected chi connectivity index (χ4v) is 2.43. The third-order valence-electron chi connectivity index (χ3n) is 3.08. The summed E-state index contributed by atoms with van der Waals surface area (Å²) in [5.41, 5.74) is 1.77. The van der Waals surface area contributed by atoms with Crippen LogP contribution in [-0.4, -0.2) is 16.9 Å². The maximum Gasteiger partial charge on any atom is 0.269 e. The molecule has 21 heavy (non-hydrogen) atoms. The van der Waals surface area contributed by atoms with E-state index in [1.165, 1.54) is 12.1 Å². The number of benzene rings is 2. The van der Waals surface area contributed by atoms with Gasteiger partial charge in [0.05, 0.1) is 4.92 Å². The molecule has 110 valence electrons. The molecule has 0 saturated carbocycles. The van der Waals surface area contributed by atoms with Crippen molar-refractivity contribution in [1.82, 2.24) is 4.90 Å². The van der Waals surface area contributed by atoms with Gasteiger partial charge in [0, 0.05) is 35.3 Å². The highest BCUT2D eigenvalue weighted by atomic mass is 35.5. The van der Waals surface area contributed by atoms with Crippen LogP contribution in [0.3, 0.4) is 0 Å². The normalized spacial score (nSPS) is 10.9. The number of hydrogen-bond acceptors (Lipinski definition) is 3. The quantitative estimate of drug-likeness (QED) is 0.599. The highest BCUT2D eigenvalue weighted by Gasteiger charge is 2.12. The van der Waals surface area contributed by atoms with Crippen LogP contribution in [0.2, 0.25) is 10.0 Å². The van der Waals surface area contributed by atoms with Gasteiger partial charge in [0.15, 0.2) is 0 Å². The van der Waals surface area contributed by atoms with E-state index in [-0.39, 0.29) is 5.69 Å². The second kappa shape index (κ2) is 6.89. The third kappa shape index (κ3) is 4.17. The molecule has 0 aliphatic heterocycles. The molecule has 4 nitrogen and oxygen atoms in total. The molecule has 0 N–H and O–H groups in total. The maximum absolute atomic E-state index is 10.8. The van der Waals surface area contributed by atoms with Crippen molar-refractivity contribution in [2.24, 2.45) is 0 Å². The van der Waals surface area contributed by atoms with Crippen molar-refractivity contribution in [3.05, 3.63) is 73.8 Å². The fraction of sp³-hybridized carbons (Fsp3) is 0.200. The Morgan fingerprint density at radius 3 is 2.33 bits per heavy atom. The van der Waals surface area contributed by atoms with Crippen LogP contribution in [0.25, 0.3) is 0 Å². The monoisotopic (exact) mass is 324 g/mol. The SMILES string of the molecule is CN(Cc1ccccc1Cl)Cc1cc([N+](=O)[O-])ccc1Cl. The second-order valence-corrected chi connectivity index (χ2v) is 5.61. The van der Waals surface area contributed by atoms with E-state index < -0.39 is 4.92 Å². The molecule has 2 aromatic rings. The zero-order chi connectivity index (χ0) is 15.4. The van der Waals surface area contributed by atoms with E-state index >= 15 is 0 Å². The molecule has 0 aliphatic carbocycles. The van der Waals surface area contributed by atoms with E-state index in [2.05, 4.69) is 0 Å². The van der Waals surface area contributed by atoms with Crippen LogP contribution in [0.15, 0.2) is 42.5 Å². The average Bonchev–Trinajstić information content (AvgIpc) is 2.43. The van der Waals surface area contributed by atoms with Crippen molar-refractivity contribution < 1.29 is 4.92 Å². The standard InChI is InChI=1S/C15H14Cl2N2O2/c1-18(9-11-4-2-3-5-14(11)16)10-12-8-13(19(20)21)6-7-15(12)17/h2-8H,9-10H2,1H3. The molecule has 0 heterocycles. The molecule has 0 saturated heterocycles. The van der Waals surface area contributed by atoms with E-state index in [9.17, 15) is 10.1 Å². The fourth-order valence-electron chi connectivity index (χ4n) is 2.06. The Morgan fingerprint density at radius 2 is 1.67 bits per heavy atom. The minimum absolute atomic E-state index is 0.0422. The molecule has 0 radical (unpaired) electrons. The summed E-state index contributed by atoms with van der Waals surface area (Å²) < 4.78 is 0. The Balaban J connectivity index is 2.12. The molecule has 0 atom stereocenters. The largest absolute Gasteiger partial charge is 0.298 e. The molecule has 0 unspecified atom stereocenters. The van der Waals surface area contributed by atoms with E-state index in [0.717, 1.165) is 11.1 Å². The van der Waals surface area contributed by atoms with Gasteiger partial charge in [-0.25, -0.2) is 0 Å². The van der Waals surface area contributed by atoms with Crippen LogP contribution in [0, 0.1) is 10.1 Å². The Hall–Kier alpha value is -1.62. The lowest BCUT2D eigenvalue weighted by Gasteiger charge is -2.18. The van der Waals surface area contributed by atoms with Crippen molar-refractivity contribution in [2.75, 3.05) is 7.05 Å². The van der Waals surface area contributed by atoms with Crippen LogP contribution in [0.1, 0.15) is 11.1 Å². The minimum atomic E-state index is -0.423. The predicted octanol–water partition coefficient (Wildman–Crippen LogP) is 4.53. The van der Waals surface area contributed by atoms with E-state index in [4.69, 9.17) is 23.2 Å². The second-order valence-electron chi connectivity index (χ2n) is 4.80. The van der Waals surface area contributed by atoms with Gasteiger partial charge >= 0.3 is 0 Å². The molecule has 0 aromatic heterocycles. The van der Waals surface area contributed by atoms with Crippen LogP contribution in [-0.2, 0) is 13.1 Å². The lowest BCUT2D eigenvalue weighted by atomic mass is 10.1. The van der Waals surface area contributed by atoms with Crippen LogP contribution in [0.5, 0.6) is 0 Å². The minimum Gasteiger partial charge on any atom is -0.298 e. The van der Waals surface area contributed by atoms with Crippen molar-refractivity contribution >= 4 is 28.9 Å². The first kappa shape index (κ1) is 15.8. The van der Waals surface area contributed by atoms with Gasteiger partial charge in [-0.3, -0.25) is 15.0 Å². The Kier molecular flexibility index (Phi) is 5.17. The molecule has 2 rings (SSSR count). The first-order valence-corrected chi connectivity index (χ1v) is 7.07. The Bertz CT molecular complexity index is 662. The van der Waals surface area contributed by atoms with Gasteiger partial charge in [0.25, 0.3) is 5.69 Å². The Morgan fingerprint density at radius 1 is 1.05 bits per heavy atom. The molecule has 0 spiro atoms. The molecular weight excluding hydrogens is 311 g/mol. The van der Waals surface area contributed by atoms with Crippen LogP contribution in [0.4, 0.5) is 5.69 Å². The van der Waals surface area contributed by atoms with Crippen molar-refractivity contribution in [3.8, 4) is 0 Å². The zero-order valence-electron chi connectivity index (χ0n) is 11.4. The summed E-state index contributed by atoms with van der Waals surface area (Å²) in [6.07, 6.45) is 0. The summed E-state index contributed by atoms with van der Waals surface area (Å²) >= 11 is 12.2. The first-order valence-electron chi connectivity index (χ1n) is 6.32. The molecule has 0 amide bonds. The van der Waals surface area contributed by atoms with E-state index in [1.807, 2.05) is 36.2 Å².